The van der Waals surface area contributed by atoms with E-state index in [1.54, 1.807) is 0 Å². The van der Waals surface area contributed by atoms with Gasteiger partial charge in [0.1, 0.15) is 0 Å². The number of β-amino-alcohol motifs (C(OH)–C–C–N with tert-alkyl or cyclic N) is 1. The lowest BCUT2D eigenvalue weighted by atomic mass is 9.88. The highest BCUT2D eigenvalue weighted by Crippen LogP contribution is 2.25. The second-order valence-corrected chi connectivity index (χ2v) is 5.81. The van der Waals surface area contributed by atoms with Gasteiger partial charge in [-0.2, -0.15) is 0 Å². The first-order chi connectivity index (χ1) is 9.16. The van der Waals surface area contributed by atoms with Gasteiger partial charge in [-0.25, -0.2) is 0 Å². The molecule has 0 aromatic carbocycles. The Morgan fingerprint density at radius 3 is 2.89 bits per heavy atom. The monoisotopic (exact) mass is 270 g/mol. The smallest absolute Gasteiger partial charge is 0.237 e. The Morgan fingerprint density at radius 1 is 1.42 bits per heavy atom. The maximum atomic E-state index is 11.8. The third-order valence-electron chi connectivity index (χ3n) is 4.19. The number of rotatable bonds is 5. The van der Waals surface area contributed by atoms with Gasteiger partial charge in [-0.3, -0.25) is 4.79 Å². The molecule has 1 heterocycles. The van der Waals surface area contributed by atoms with Crippen molar-refractivity contribution in [3.63, 3.8) is 0 Å². The van der Waals surface area contributed by atoms with E-state index in [-0.39, 0.29) is 11.9 Å². The molecule has 5 heteroatoms. The van der Waals surface area contributed by atoms with Crippen molar-refractivity contribution in [2.24, 2.45) is 5.92 Å². The van der Waals surface area contributed by atoms with Gasteiger partial charge in [-0.1, -0.05) is 19.8 Å². The largest absolute Gasteiger partial charge is 0.392 e. The number of hydrogen-bond donors (Lipinski definition) is 3. The zero-order valence-corrected chi connectivity index (χ0v) is 11.7. The molecule has 1 aliphatic heterocycles. The van der Waals surface area contributed by atoms with Crippen LogP contribution in [-0.4, -0.2) is 49.0 Å². The molecule has 0 aromatic heterocycles. The van der Waals surface area contributed by atoms with E-state index in [9.17, 15) is 9.90 Å². The lowest BCUT2D eigenvalue weighted by Crippen LogP contribution is -2.42. The van der Waals surface area contributed by atoms with Crippen LogP contribution in [0.25, 0.3) is 0 Å². The van der Waals surface area contributed by atoms with Crippen LogP contribution < -0.4 is 10.6 Å². The van der Waals surface area contributed by atoms with Crippen molar-refractivity contribution in [2.75, 3.05) is 19.7 Å². The Morgan fingerprint density at radius 2 is 2.21 bits per heavy atom. The van der Waals surface area contributed by atoms with Crippen LogP contribution in [0.5, 0.6) is 0 Å². The van der Waals surface area contributed by atoms with Gasteiger partial charge in [0.2, 0.25) is 5.91 Å². The average molecular weight is 270 g/mol. The summed E-state index contributed by atoms with van der Waals surface area (Å²) in [6.07, 6.45) is 5.43. The summed E-state index contributed by atoms with van der Waals surface area (Å²) in [6, 6.07) is -0.247. The van der Waals surface area contributed by atoms with Crippen molar-refractivity contribution in [3.05, 3.63) is 0 Å². The highest BCUT2D eigenvalue weighted by Gasteiger charge is 2.27. The quantitative estimate of drug-likeness (QED) is 0.633. The fraction of sp³-hybridized carbons (Fsp3) is 0.929. The van der Waals surface area contributed by atoms with E-state index in [0.717, 1.165) is 6.42 Å². The van der Waals surface area contributed by atoms with E-state index in [4.69, 9.17) is 4.74 Å². The molecular formula is C14H26N2O3. The number of amides is 1. The van der Waals surface area contributed by atoms with Crippen molar-refractivity contribution >= 4 is 5.91 Å². The average Bonchev–Trinajstić information content (AvgIpc) is 2.83. The summed E-state index contributed by atoms with van der Waals surface area (Å²) in [4.78, 5) is 11.8. The van der Waals surface area contributed by atoms with Crippen LogP contribution in [0.1, 0.15) is 39.0 Å². The second kappa shape index (κ2) is 7.22. The molecule has 2 fully saturated rings. The number of ether oxygens (including phenoxy) is 1. The molecule has 4 unspecified atom stereocenters. The standard InChI is InChI=1S/C14H26N2O3/c1-10-4-2-3-5-13(10)19-7-6-15-14(18)12-8-11(17)9-16-12/h10-13,16-17H,2-9H2,1H3,(H,15,18). The molecule has 2 aliphatic rings. The zero-order chi connectivity index (χ0) is 13.7. The molecular weight excluding hydrogens is 244 g/mol. The first-order valence-electron chi connectivity index (χ1n) is 7.47. The van der Waals surface area contributed by atoms with E-state index in [0.29, 0.717) is 38.1 Å². The molecule has 3 N–H and O–H groups in total. The van der Waals surface area contributed by atoms with Crippen molar-refractivity contribution in [3.8, 4) is 0 Å². The van der Waals surface area contributed by atoms with Crippen LogP contribution in [-0.2, 0) is 9.53 Å². The van der Waals surface area contributed by atoms with E-state index >= 15 is 0 Å². The Kier molecular flexibility index (Phi) is 5.60. The zero-order valence-electron chi connectivity index (χ0n) is 11.7. The highest BCUT2D eigenvalue weighted by atomic mass is 16.5. The summed E-state index contributed by atoms with van der Waals surface area (Å²) in [6.45, 7) is 3.88. The van der Waals surface area contributed by atoms with Gasteiger partial charge in [-0.05, 0) is 25.2 Å². The Balaban J connectivity index is 1.57. The van der Waals surface area contributed by atoms with Gasteiger partial charge < -0.3 is 20.5 Å². The molecule has 0 radical (unpaired) electrons. The summed E-state index contributed by atoms with van der Waals surface area (Å²) >= 11 is 0. The Hall–Kier alpha value is -0.650. The van der Waals surface area contributed by atoms with Gasteiger partial charge >= 0.3 is 0 Å². The maximum absolute atomic E-state index is 11.8. The van der Waals surface area contributed by atoms with Crippen LogP contribution in [0, 0.1) is 5.92 Å². The molecule has 0 spiro atoms. The fourth-order valence-electron chi connectivity index (χ4n) is 2.95. The molecule has 4 atom stereocenters. The summed E-state index contributed by atoms with van der Waals surface area (Å²) < 4.78 is 5.84. The summed E-state index contributed by atoms with van der Waals surface area (Å²) in [7, 11) is 0. The third kappa shape index (κ3) is 4.44. The SMILES string of the molecule is CC1CCCCC1OCCNC(=O)C1CC(O)CN1. The lowest BCUT2D eigenvalue weighted by molar-refractivity contribution is -0.123. The molecule has 2 rings (SSSR count). The van der Waals surface area contributed by atoms with Gasteiger partial charge in [0.25, 0.3) is 0 Å². The normalized spacial score (nSPS) is 35.3. The van der Waals surface area contributed by atoms with Gasteiger partial charge in [0, 0.05) is 13.1 Å². The Labute approximate surface area is 115 Å². The number of hydrogen-bond acceptors (Lipinski definition) is 4. The fourth-order valence-corrected chi connectivity index (χ4v) is 2.95. The van der Waals surface area contributed by atoms with Crippen LogP contribution in [0.3, 0.4) is 0 Å². The van der Waals surface area contributed by atoms with Gasteiger partial charge in [0.05, 0.1) is 24.9 Å². The summed E-state index contributed by atoms with van der Waals surface area (Å²) in [5.41, 5.74) is 0. The van der Waals surface area contributed by atoms with Gasteiger partial charge in [-0.15, -0.1) is 0 Å². The molecule has 0 bridgehead atoms. The topological polar surface area (TPSA) is 70.6 Å². The molecule has 110 valence electrons. The predicted molar refractivity (Wildman–Crippen MR) is 72.8 cm³/mol. The minimum atomic E-state index is -0.393. The van der Waals surface area contributed by atoms with Crippen LogP contribution >= 0.6 is 0 Å². The van der Waals surface area contributed by atoms with Crippen molar-refractivity contribution in [1.29, 1.82) is 0 Å². The van der Waals surface area contributed by atoms with E-state index < -0.39 is 6.10 Å². The molecule has 1 saturated carbocycles. The first kappa shape index (κ1) is 14.8. The van der Waals surface area contributed by atoms with Gasteiger partial charge in [0.15, 0.2) is 0 Å². The highest BCUT2D eigenvalue weighted by molar-refractivity contribution is 5.82. The third-order valence-corrected chi connectivity index (χ3v) is 4.19. The molecule has 1 saturated heterocycles. The summed E-state index contributed by atoms with van der Waals surface area (Å²) in [5.74, 6) is 0.605. The number of carbonyl (C=O) groups is 1. The molecule has 0 aromatic rings. The predicted octanol–water partition coefficient (Wildman–Crippen LogP) is 0.421. The minimum absolute atomic E-state index is 0.0307. The van der Waals surface area contributed by atoms with E-state index in [1.807, 2.05) is 0 Å². The first-order valence-corrected chi connectivity index (χ1v) is 7.47. The van der Waals surface area contributed by atoms with E-state index in [2.05, 4.69) is 17.6 Å². The number of nitrogens with one attached hydrogen (secondary N) is 2. The van der Waals surface area contributed by atoms with Crippen LogP contribution in [0.2, 0.25) is 0 Å². The molecule has 19 heavy (non-hydrogen) atoms. The van der Waals surface area contributed by atoms with Crippen LogP contribution in [0.15, 0.2) is 0 Å². The minimum Gasteiger partial charge on any atom is -0.392 e. The number of aliphatic hydroxyl groups is 1. The second-order valence-electron chi connectivity index (χ2n) is 5.81. The maximum Gasteiger partial charge on any atom is 0.237 e. The molecule has 1 aliphatic carbocycles. The van der Waals surface area contributed by atoms with Crippen molar-refractivity contribution < 1.29 is 14.6 Å². The number of carbonyl (C=O) groups excluding carboxylic acids is 1. The molecule has 1 amide bonds. The lowest BCUT2D eigenvalue weighted by Gasteiger charge is -2.28. The van der Waals surface area contributed by atoms with E-state index in [1.165, 1.54) is 19.3 Å². The number of aliphatic hydroxyl groups excluding tert-OH is 1. The Bertz CT molecular complexity index is 298. The van der Waals surface area contributed by atoms with Crippen molar-refractivity contribution in [1.82, 2.24) is 10.6 Å². The summed E-state index contributed by atoms with van der Waals surface area (Å²) in [5, 5.41) is 15.2. The molecule has 5 nitrogen and oxygen atoms in total. The van der Waals surface area contributed by atoms with Crippen LogP contribution in [0.4, 0.5) is 0 Å². The van der Waals surface area contributed by atoms with Crippen molar-refractivity contribution in [2.45, 2.75) is 57.3 Å².